The summed E-state index contributed by atoms with van der Waals surface area (Å²) in [6.07, 6.45) is -7.48. The van der Waals surface area contributed by atoms with Crippen LogP contribution in [-0.2, 0) is 67.0 Å². The molecule has 98 heavy (non-hydrogen) atoms. The van der Waals surface area contributed by atoms with Crippen LogP contribution in [0.25, 0.3) is 0 Å². The van der Waals surface area contributed by atoms with Gasteiger partial charge < -0.3 is 105 Å². The summed E-state index contributed by atoms with van der Waals surface area (Å²) in [5, 5.41) is 81.6. The zero-order valence-corrected chi connectivity index (χ0v) is 58.0. The number of carbonyl (C=O) groups is 13. The highest BCUT2D eigenvalue weighted by Gasteiger charge is 2.47. The van der Waals surface area contributed by atoms with Gasteiger partial charge in [-0.25, -0.2) is 9.59 Å². The van der Waals surface area contributed by atoms with Gasteiger partial charge in [0.25, 0.3) is 0 Å². The van der Waals surface area contributed by atoms with Crippen molar-refractivity contribution in [3.63, 3.8) is 0 Å². The predicted molar refractivity (Wildman–Crippen MR) is 353 cm³/mol. The number of ether oxygens (including phenoxy) is 2. The summed E-state index contributed by atoms with van der Waals surface area (Å²) in [6, 6.07) is -10.1. The molecule has 2 fully saturated rings. The molecule has 14 atom stereocenters. The second kappa shape index (κ2) is 39.0. The molecule has 1 saturated carbocycles. The van der Waals surface area contributed by atoms with Crippen LogP contribution >= 0.6 is 0 Å². The Balaban J connectivity index is 2.44. The molecule has 3 rings (SSSR count). The van der Waals surface area contributed by atoms with Gasteiger partial charge in [-0.05, 0) is 95.5 Å². The number of benzene rings is 1. The average Bonchev–Trinajstić information content (AvgIpc) is 0.809. The van der Waals surface area contributed by atoms with Crippen molar-refractivity contribution in [2.24, 2.45) is 35.1 Å². The lowest BCUT2D eigenvalue weighted by atomic mass is 9.80. The fourth-order valence-corrected chi connectivity index (χ4v) is 10.7. The second-order valence-electron chi connectivity index (χ2n) is 27.1. The quantitative estimate of drug-likeness (QED) is 0.0233. The highest BCUT2D eigenvalue weighted by molar-refractivity contribution is 6.01. The van der Waals surface area contributed by atoms with Crippen molar-refractivity contribution in [3.05, 3.63) is 35.9 Å². The maximum atomic E-state index is 15.6. The molecule has 12 amide bonds. The SMILES string of the molecule is CC[C@H](C)C1NC(=O)[C@@H](CCCNC(=N)N)NC(=O)[C@H](CC(C)C)NC(=O)[C@H]([C@H](O)C(C)C)NC(=O)[C@@H](NC(=O)[C@H](CC(C)C)NC(=O)C2(NC(=O)OC(C)(C)C)CCCCC2)[C@@H](c2ccccc2)OC(=O)[C@H](CO)NC(=O)[C@H]([C@H](O)C(N)=O)NC(=O)CNC(=O)C([C@H](C)O)NC1=O. The number of primary amides is 1. The molecule has 2 unspecified atom stereocenters. The Labute approximate surface area is 570 Å². The third-order valence-corrected chi connectivity index (χ3v) is 16.3. The van der Waals surface area contributed by atoms with Crippen LogP contribution in [0.15, 0.2) is 30.3 Å². The van der Waals surface area contributed by atoms with Gasteiger partial charge in [-0.15, -0.1) is 0 Å². The largest absolute Gasteiger partial charge is 0.453 e. The normalized spacial score (nSPS) is 24.8. The molecule has 21 N–H and O–H groups in total. The molecule has 0 bridgehead atoms. The minimum Gasteiger partial charge on any atom is -0.453 e. The smallest absolute Gasteiger partial charge is 0.408 e. The number of cyclic esters (lactones) is 1. The molecule has 34 nitrogen and oxygen atoms in total. The molecular weight excluding hydrogens is 1280 g/mol. The summed E-state index contributed by atoms with van der Waals surface area (Å²) in [6.45, 7) is 16.5. The zero-order valence-electron chi connectivity index (χ0n) is 58.0. The third-order valence-electron chi connectivity index (χ3n) is 16.3. The monoisotopic (exact) mass is 1390 g/mol. The van der Waals surface area contributed by atoms with Gasteiger partial charge in [0, 0.05) is 6.54 Å². The van der Waals surface area contributed by atoms with E-state index >= 15 is 14.4 Å². The van der Waals surface area contributed by atoms with E-state index in [9.17, 15) is 68.4 Å². The minimum absolute atomic E-state index is 0.00249. The molecule has 2 aliphatic rings. The van der Waals surface area contributed by atoms with Gasteiger partial charge in [0.2, 0.25) is 65.0 Å². The molecule has 1 aromatic carbocycles. The minimum atomic E-state index is -2.60. The number of hydrogen-bond donors (Lipinski definition) is 19. The van der Waals surface area contributed by atoms with Crippen LogP contribution in [0.1, 0.15) is 159 Å². The third kappa shape index (κ3) is 26.2. The van der Waals surface area contributed by atoms with Crippen LogP contribution < -0.4 is 75.3 Å². The molecule has 1 aromatic rings. The lowest BCUT2D eigenvalue weighted by Gasteiger charge is -2.38. The van der Waals surface area contributed by atoms with Crippen molar-refractivity contribution in [3.8, 4) is 0 Å². The number of carbonyl (C=O) groups excluding carboxylic acids is 13. The molecule has 34 heteroatoms. The molecule has 1 heterocycles. The van der Waals surface area contributed by atoms with Crippen LogP contribution in [0, 0.1) is 29.1 Å². The summed E-state index contributed by atoms with van der Waals surface area (Å²) in [5.41, 5.74) is 8.20. The first-order valence-corrected chi connectivity index (χ1v) is 33.1. The Kier molecular flexibility index (Phi) is 33.2. The lowest BCUT2D eigenvalue weighted by molar-refractivity contribution is -0.159. The molecule has 0 aromatic heterocycles. The number of amides is 12. The number of aliphatic hydroxyl groups is 4. The summed E-state index contributed by atoms with van der Waals surface area (Å²) in [7, 11) is 0. The highest BCUT2D eigenvalue weighted by Crippen LogP contribution is 2.30. The van der Waals surface area contributed by atoms with E-state index in [4.69, 9.17) is 26.4 Å². The number of nitrogens with one attached hydrogen (secondary N) is 13. The number of alkyl carbamates (subject to hydrolysis) is 1. The number of rotatable bonds is 22. The Morgan fingerprint density at radius 3 is 1.81 bits per heavy atom. The van der Waals surface area contributed by atoms with E-state index in [1.165, 1.54) is 44.2 Å². The lowest BCUT2D eigenvalue weighted by Crippen LogP contribution is -2.65. The summed E-state index contributed by atoms with van der Waals surface area (Å²) in [5.74, 6) is -17.7. The van der Waals surface area contributed by atoms with Gasteiger partial charge in [0.15, 0.2) is 24.2 Å². The molecule has 1 aliphatic carbocycles. The van der Waals surface area contributed by atoms with Gasteiger partial charge in [-0.1, -0.05) is 111 Å². The average molecular weight is 1390 g/mol. The number of esters is 1. The highest BCUT2D eigenvalue weighted by atomic mass is 16.6. The topological polar surface area (TPSA) is 542 Å². The Hall–Kier alpha value is -8.76. The van der Waals surface area contributed by atoms with Crippen LogP contribution in [0.4, 0.5) is 4.79 Å². The van der Waals surface area contributed by atoms with E-state index in [1.807, 2.05) is 10.6 Å². The Bertz CT molecular complexity index is 2940. The zero-order chi connectivity index (χ0) is 74.1. The van der Waals surface area contributed by atoms with E-state index in [1.54, 1.807) is 62.3 Å². The van der Waals surface area contributed by atoms with Gasteiger partial charge in [0.1, 0.15) is 59.5 Å². The first-order chi connectivity index (χ1) is 45.8. The van der Waals surface area contributed by atoms with Gasteiger partial charge >= 0.3 is 12.1 Å². The summed E-state index contributed by atoms with van der Waals surface area (Å²) >= 11 is 0. The van der Waals surface area contributed by atoms with Crippen LogP contribution in [0.2, 0.25) is 0 Å². The van der Waals surface area contributed by atoms with E-state index < -0.39 is 210 Å². The van der Waals surface area contributed by atoms with Crippen molar-refractivity contribution >= 4 is 83.0 Å². The summed E-state index contributed by atoms with van der Waals surface area (Å²) < 4.78 is 11.5. The van der Waals surface area contributed by atoms with Crippen molar-refractivity contribution in [1.29, 1.82) is 5.41 Å². The second-order valence-corrected chi connectivity index (χ2v) is 27.1. The molecule has 0 radical (unpaired) electrons. The number of nitrogens with two attached hydrogens (primary N) is 2. The molecular formula is C64H105N15O19. The fourth-order valence-electron chi connectivity index (χ4n) is 10.7. The first kappa shape index (κ1) is 83.5. The molecule has 1 saturated heterocycles. The predicted octanol–water partition coefficient (Wildman–Crippen LogP) is -3.37. The van der Waals surface area contributed by atoms with E-state index in [0.29, 0.717) is 19.3 Å². The Morgan fingerprint density at radius 1 is 0.704 bits per heavy atom. The number of aliphatic hydroxyl groups excluding tert-OH is 4. The number of hydrogen-bond acceptors (Lipinski definition) is 20. The summed E-state index contributed by atoms with van der Waals surface area (Å²) in [4.78, 5) is 186. The van der Waals surface area contributed by atoms with Crippen molar-refractivity contribution in [2.45, 2.75) is 237 Å². The van der Waals surface area contributed by atoms with Crippen LogP contribution in [0.5, 0.6) is 0 Å². The maximum absolute atomic E-state index is 15.6. The number of guanidine groups is 1. The van der Waals surface area contributed by atoms with Gasteiger partial charge in [0.05, 0.1) is 25.4 Å². The van der Waals surface area contributed by atoms with E-state index in [2.05, 4.69) is 53.2 Å². The fraction of sp³-hybridized carbons (Fsp3) is 0.688. The van der Waals surface area contributed by atoms with Crippen molar-refractivity contribution < 1.29 is 92.2 Å². The van der Waals surface area contributed by atoms with E-state index in [-0.39, 0.29) is 57.1 Å². The van der Waals surface area contributed by atoms with Crippen molar-refractivity contribution in [2.75, 3.05) is 19.7 Å². The Morgan fingerprint density at radius 2 is 1.27 bits per heavy atom. The van der Waals surface area contributed by atoms with Crippen LogP contribution in [0.3, 0.4) is 0 Å². The first-order valence-electron chi connectivity index (χ1n) is 33.1. The van der Waals surface area contributed by atoms with Gasteiger partial charge in [-0.3, -0.25) is 58.1 Å². The maximum Gasteiger partial charge on any atom is 0.408 e. The molecule has 0 spiro atoms. The van der Waals surface area contributed by atoms with Gasteiger partial charge in [-0.2, -0.15) is 0 Å². The van der Waals surface area contributed by atoms with Crippen molar-refractivity contribution in [1.82, 2.24) is 63.8 Å². The standard InChI is InChI=1S/C64H105N15O19/c1-13-34(8)42-55(90)76-43(35(9)81)54(89)69-29-41(82)74-45(48(84)50(65)85)57(92)72-40(30-80)59(94)97-49(36-21-16-14-17-22-36)46(78-53(88)39(28-32(4)5)73-60(95)64(24-18-15-19-25-64)79-62(96)98-63(10,11)12)58(93)77-44(47(83)33(6)7)56(91)71-38(27-31(2)3)52(87)70-37(51(86)75-42)23-20-26-68-61(66)67/h14,16-17,21-22,31-35,37-40,42-49,80-81,83-84H,13,15,18-20,23-30H2,1-12H3,(H2,65,85)(H,69,89)(H,70,87)(H,71,91)(H,72,92)(H,73,95)(H,74,82)(H,75,86)(H,76,90)(H,77,93)(H,78,88)(H,79,96)(H4,66,67,68)/t34-,35-,37+,38-,39-,40-,42?,43?,44-,45-,46-,47+,48-,49+/m0/s1. The molecule has 1 aliphatic heterocycles. The van der Waals surface area contributed by atoms with Crippen LogP contribution in [-0.4, -0.2) is 207 Å². The van der Waals surface area contributed by atoms with E-state index in [0.717, 1.165) is 6.92 Å². The molecule has 550 valence electrons.